The van der Waals surface area contributed by atoms with Crippen LogP contribution in [-0.2, 0) is 9.53 Å². The molecule has 1 heterocycles. The molecule has 34 heavy (non-hydrogen) atoms. The number of nitro groups is 1. The van der Waals surface area contributed by atoms with Crippen molar-refractivity contribution in [1.29, 1.82) is 0 Å². The fraction of sp³-hybridized carbons (Fsp3) is 0.375. The van der Waals surface area contributed by atoms with Gasteiger partial charge in [-0.1, -0.05) is 30.3 Å². The van der Waals surface area contributed by atoms with Crippen LogP contribution in [0.2, 0.25) is 0 Å². The van der Waals surface area contributed by atoms with Gasteiger partial charge in [-0.3, -0.25) is 24.6 Å². The quantitative estimate of drug-likeness (QED) is 0.226. The van der Waals surface area contributed by atoms with Crippen molar-refractivity contribution >= 4 is 23.7 Å². The first-order valence-corrected chi connectivity index (χ1v) is 11.3. The molecule has 2 aromatic carbocycles. The van der Waals surface area contributed by atoms with Crippen LogP contribution in [0, 0.1) is 10.1 Å². The van der Waals surface area contributed by atoms with Crippen LogP contribution < -0.4 is 10.7 Å². The van der Waals surface area contributed by atoms with Crippen molar-refractivity contribution in [3.05, 3.63) is 75.8 Å². The smallest absolute Gasteiger partial charge is 0.278 e. The van der Waals surface area contributed by atoms with Gasteiger partial charge in [0.1, 0.15) is 0 Å². The maximum Gasteiger partial charge on any atom is 0.278 e. The lowest BCUT2D eigenvalue weighted by molar-refractivity contribution is -0.385. The monoisotopic (exact) mass is 467 g/mol. The highest BCUT2D eigenvalue weighted by Gasteiger charge is 2.27. The maximum atomic E-state index is 12.9. The van der Waals surface area contributed by atoms with E-state index in [4.69, 9.17) is 4.74 Å². The number of hydrogen-bond acceptors (Lipinski definition) is 7. The highest BCUT2D eigenvalue weighted by atomic mass is 16.6. The summed E-state index contributed by atoms with van der Waals surface area (Å²) in [5, 5.41) is 18.0. The number of nitrogens with zero attached hydrogens (tertiary/aromatic N) is 3. The number of para-hydroxylation sites is 1. The number of amides is 2. The van der Waals surface area contributed by atoms with Gasteiger partial charge in [0.2, 0.25) is 0 Å². The van der Waals surface area contributed by atoms with Crippen molar-refractivity contribution in [3.63, 3.8) is 0 Å². The van der Waals surface area contributed by atoms with E-state index in [2.05, 4.69) is 20.7 Å². The SMILES string of the molecule is O=C(NCCCCC(C(=O)NN=Cc1ccccc1[N+](=O)[O-])N1CCOCC1)c1ccccc1. The Labute approximate surface area is 198 Å². The Hall–Kier alpha value is -3.63. The van der Waals surface area contributed by atoms with E-state index in [1.807, 2.05) is 18.2 Å². The van der Waals surface area contributed by atoms with E-state index in [-0.39, 0.29) is 17.5 Å². The van der Waals surface area contributed by atoms with Gasteiger partial charge in [-0.2, -0.15) is 5.10 Å². The summed E-state index contributed by atoms with van der Waals surface area (Å²) >= 11 is 0. The van der Waals surface area contributed by atoms with Gasteiger partial charge in [0.25, 0.3) is 17.5 Å². The van der Waals surface area contributed by atoms with Crippen molar-refractivity contribution in [1.82, 2.24) is 15.6 Å². The van der Waals surface area contributed by atoms with Gasteiger partial charge in [0, 0.05) is 31.3 Å². The molecule has 1 unspecified atom stereocenters. The maximum absolute atomic E-state index is 12.9. The van der Waals surface area contributed by atoms with Crippen molar-refractivity contribution in [2.45, 2.75) is 25.3 Å². The molecule has 3 rings (SSSR count). The second kappa shape index (κ2) is 13.2. The lowest BCUT2D eigenvalue weighted by Crippen LogP contribution is -2.50. The standard InChI is InChI=1S/C24H29N5O5/c30-23(19-8-2-1-3-9-19)25-13-7-6-12-22(28-14-16-34-17-15-28)24(31)27-26-18-20-10-4-5-11-21(20)29(32)33/h1-5,8-11,18,22H,6-7,12-17H2,(H,25,30)(H,27,31). The summed E-state index contributed by atoms with van der Waals surface area (Å²) < 4.78 is 5.40. The summed E-state index contributed by atoms with van der Waals surface area (Å²) in [6.07, 6.45) is 3.34. The summed E-state index contributed by atoms with van der Waals surface area (Å²) in [6.45, 7) is 2.89. The minimum atomic E-state index is -0.490. The molecule has 1 atom stereocenters. The summed E-state index contributed by atoms with van der Waals surface area (Å²) in [5.74, 6) is -0.391. The molecule has 0 aliphatic carbocycles. The van der Waals surface area contributed by atoms with Gasteiger partial charge in [-0.15, -0.1) is 0 Å². The summed E-state index contributed by atoms with van der Waals surface area (Å²) in [4.78, 5) is 37.7. The average molecular weight is 468 g/mol. The van der Waals surface area contributed by atoms with E-state index >= 15 is 0 Å². The van der Waals surface area contributed by atoms with Crippen LogP contribution >= 0.6 is 0 Å². The number of nitrogens with one attached hydrogen (secondary N) is 2. The number of nitro benzene ring substituents is 1. The van der Waals surface area contributed by atoms with Crippen LogP contribution in [0.25, 0.3) is 0 Å². The molecule has 0 radical (unpaired) electrons. The zero-order valence-electron chi connectivity index (χ0n) is 18.9. The Morgan fingerprint density at radius 2 is 1.79 bits per heavy atom. The normalized spacial score (nSPS) is 15.1. The third kappa shape index (κ3) is 7.46. The first-order valence-electron chi connectivity index (χ1n) is 11.3. The van der Waals surface area contributed by atoms with E-state index < -0.39 is 11.0 Å². The van der Waals surface area contributed by atoms with Crippen molar-refractivity contribution < 1.29 is 19.2 Å². The average Bonchev–Trinajstić information content (AvgIpc) is 2.87. The van der Waals surface area contributed by atoms with Crippen LogP contribution in [-0.4, -0.2) is 66.7 Å². The number of carbonyl (C=O) groups excluding carboxylic acids is 2. The van der Waals surface area contributed by atoms with Gasteiger partial charge in [-0.25, -0.2) is 5.43 Å². The van der Waals surface area contributed by atoms with E-state index in [0.29, 0.717) is 50.4 Å². The highest BCUT2D eigenvalue weighted by Crippen LogP contribution is 2.15. The molecule has 1 fully saturated rings. The van der Waals surface area contributed by atoms with Gasteiger partial charge in [0.05, 0.1) is 36.0 Å². The Balaban J connectivity index is 1.52. The minimum Gasteiger partial charge on any atom is -0.379 e. The van der Waals surface area contributed by atoms with Crippen LogP contribution in [0.3, 0.4) is 0 Å². The van der Waals surface area contributed by atoms with Crippen molar-refractivity contribution in [3.8, 4) is 0 Å². The molecule has 10 nitrogen and oxygen atoms in total. The Kier molecular flexibility index (Phi) is 9.68. The second-order valence-corrected chi connectivity index (χ2v) is 7.83. The van der Waals surface area contributed by atoms with Gasteiger partial charge < -0.3 is 10.1 Å². The molecular weight excluding hydrogens is 438 g/mol. The summed E-state index contributed by atoms with van der Waals surface area (Å²) in [5.41, 5.74) is 3.38. The fourth-order valence-electron chi connectivity index (χ4n) is 3.73. The van der Waals surface area contributed by atoms with Gasteiger partial charge >= 0.3 is 0 Å². The minimum absolute atomic E-state index is 0.0808. The van der Waals surface area contributed by atoms with Crippen LogP contribution in [0.5, 0.6) is 0 Å². The lowest BCUT2D eigenvalue weighted by atomic mass is 10.1. The molecule has 2 amide bonds. The first-order chi connectivity index (χ1) is 16.6. The molecule has 2 aromatic rings. The Bertz CT molecular complexity index is 992. The molecule has 0 saturated carbocycles. The Morgan fingerprint density at radius 3 is 2.53 bits per heavy atom. The molecule has 0 bridgehead atoms. The lowest BCUT2D eigenvalue weighted by Gasteiger charge is -2.33. The van der Waals surface area contributed by atoms with E-state index in [1.54, 1.807) is 30.3 Å². The number of benzene rings is 2. The van der Waals surface area contributed by atoms with Crippen LogP contribution in [0.1, 0.15) is 35.2 Å². The zero-order valence-corrected chi connectivity index (χ0v) is 18.9. The molecule has 10 heteroatoms. The molecule has 0 spiro atoms. The molecule has 1 aliphatic heterocycles. The van der Waals surface area contributed by atoms with Crippen LogP contribution in [0.15, 0.2) is 59.7 Å². The van der Waals surface area contributed by atoms with Gasteiger partial charge in [-0.05, 0) is 37.5 Å². The molecule has 0 aromatic heterocycles. The highest BCUT2D eigenvalue weighted by molar-refractivity contribution is 5.94. The topological polar surface area (TPSA) is 126 Å². The number of unbranched alkanes of at least 4 members (excludes halogenated alkanes) is 1. The van der Waals surface area contributed by atoms with Crippen molar-refractivity contribution in [2.75, 3.05) is 32.8 Å². The number of ether oxygens (including phenoxy) is 1. The Morgan fingerprint density at radius 1 is 1.09 bits per heavy atom. The largest absolute Gasteiger partial charge is 0.379 e. The number of hydrogen-bond donors (Lipinski definition) is 2. The third-order valence-electron chi connectivity index (χ3n) is 5.53. The van der Waals surface area contributed by atoms with Crippen LogP contribution in [0.4, 0.5) is 5.69 Å². The molecular formula is C24H29N5O5. The number of hydrazone groups is 1. The van der Waals surface area contributed by atoms with E-state index in [9.17, 15) is 19.7 Å². The predicted molar refractivity (Wildman–Crippen MR) is 128 cm³/mol. The number of rotatable bonds is 11. The molecule has 180 valence electrons. The summed E-state index contributed by atoms with van der Waals surface area (Å²) in [6, 6.07) is 14.8. The summed E-state index contributed by atoms with van der Waals surface area (Å²) in [7, 11) is 0. The van der Waals surface area contributed by atoms with Crippen molar-refractivity contribution in [2.24, 2.45) is 5.10 Å². The molecule has 2 N–H and O–H groups in total. The van der Waals surface area contributed by atoms with Gasteiger partial charge in [0.15, 0.2) is 0 Å². The molecule has 1 saturated heterocycles. The van der Waals surface area contributed by atoms with E-state index in [0.717, 1.165) is 12.8 Å². The molecule has 1 aliphatic rings. The zero-order chi connectivity index (χ0) is 24.2. The fourth-order valence-corrected chi connectivity index (χ4v) is 3.73. The first kappa shape index (κ1) is 25.0. The predicted octanol–water partition coefficient (Wildman–Crippen LogP) is 2.35. The second-order valence-electron chi connectivity index (χ2n) is 7.83. The van der Waals surface area contributed by atoms with E-state index in [1.165, 1.54) is 12.3 Å². The number of morpholine rings is 1. The third-order valence-corrected chi connectivity index (χ3v) is 5.53. The number of carbonyl (C=O) groups is 2.